The molecule has 0 saturated carbocycles. The topological polar surface area (TPSA) is 76.1 Å². The molecule has 0 aromatic rings. The lowest BCUT2D eigenvalue weighted by molar-refractivity contribution is -0.138. The second-order valence-electron chi connectivity index (χ2n) is 4.80. The van der Waals surface area contributed by atoms with E-state index in [9.17, 15) is 9.59 Å². The van der Waals surface area contributed by atoms with E-state index in [1.807, 2.05) is 0 Å². The van der Waals surface area contributed by atoms with Gasteiger partial charge in [0.15, 0.2) is 0 Å². The van der Waals surface area contributed by atoms with Crippen LogP contribution in [0.3, 0.4) is 0 Å². The number of carbonyl (C=O) groups excluding carboxylic acids is 1. The van der Waals surface area contributed by atoms with Gasteiger partial charge in [0.1, 0.15) is 5.60 Å². The third kappa shape index (κ3) is 6.78. The van der Waals surface area contributed by atoms with Gasteiger partial charge in [-0.15, -0.1) is 0 Å². The lowest BCUT2D eigenvalue weighted by Gasteiger charge is -2.29. The van der Waals surface area contributed by atoms with E-state index in [0.29, 0.717) is 0 Å². The van der Waals surface area contributed by atoms with Gasteiger partial charge in [-0.3, -0.25) is 4.79 Å². The molecule has 0 bridgehead atoms. The number of likely N-dealkylation sites (N-methyl/N-ethyl adjacent to an activating group) is 1. The molecule has 0 aliphatic heterocycles. The van der Waals surface area contributed by atoms with Crippen LogP contribution in [-0.4, -0.2) is 54.5 Å². The molecule has 0 aliphatic carbocycles. The normalized spacial score (nSPS) is 13.0. The number of aliphatic carboxylic acids is 1. The highest BCUT2D eigenvalue weighted by molar-refractivity contribution is 5.71. The van der Waals surface area contributed by atoms with Gasteiger partial charge in [-0.2, -0.15) is 0 Å². The van der Waals surface area contributed by atoms with Crippen LogP contribution >= 0.6 is 0 Å². The van der Waals surface area contributed by atoms with E-state index in [2.05, 4.69) is 0 Å². The number of rotatable bonds is 5. The summed E-state index contributed by atoms with van der Waals surface area (Å²) in [4.78, 5) is 23.6. The Labute approximate surface area is 101 Å². The second-order valence-corrected chi connectivity index (χ2v) is 4.80. The number of carboxylic acids is 1. The summed E-state index contributed by atoms with van der Waals surface area (Å²) in [5, 5.41) is 8.74. The lowest BCUT2D eigenvalue weighted by atomic mass is 10.2. The number of ether oxygens (including phenoxy) is 2. The Morgan fingerprint density at radius 3 is 2.24 bits per heavy atom. The van der Waals surface area contributed by atoms with Gasteiger partial charge in [0.25, 0.3) is 0 Å². The summed E-state index contributed by atoms with van der Waals surface area (Å²) in [6.07, 6.45) is -0.732. The lowest BCUT2D eigenvalue weighted by Crippen LogP contribution is -2.43. The zero-order chi connectivity index (χ0) is 13.6. The fourth-order valence-corrected chi connectivity index (χ4v) is 1.18. The maximum atomic E-state index is 11.7. The van der Waals surface area contributed by atoms with Gasteiger partial charge >= 0.3 is 12.1 Å². The maximum absolute atomic E-state index is 11.7. The van der Waals surface area contributed by atoms with E-state index in [4.69, 9.17) is 14.6 Å². The Bertz CT molecular complexity index is 272. The number of amides is 1. The number of nitrogens with zero attached hydrogens (tertiary/aromatic N) is 1. The minimum absolute atomic E-state index is 0.155. The van der Waals surface area contributed by atoms with E-state index >= 15 is 0 Å². The van der Waals surface area contributed by atoms with Crippen LogP contribution in [0, 0.1) is 0 Å². The molecule has 100 valence electrons. The number of carbonyl (C=O) groups is 2. The van der Waals surface area contributed by atoms with Gasteiger partial charge in [-0.1, -0.05) is 0 Å². The van der Waals surface area contributed by atoms with Gasteiger partial charge in [-0.05, 0) is 20.8 Å². The Morgan fingerprint density at radius 1 is 1.35 bits per heavy atom. The van der Waals surface area contributed by atoms with Crippen LogP contribution in [0.25, 0.3) is 0 Å². The van der Waals surface area contributed by atoms with Crippen molar-refractivity contribution in [1.82, 2.24) is 4.90 Å². The third-order valence-electron chi connectivity index (χ3n) is 2.00. The Morgan fingerprint density at radius 2 is 1.88 bits per heavy atom. The van der Waals surface area contributed by atoms with Crippen LogP contribution in [0.5, 0.6) is 0 Å². The van der Waals surface area contributed by atoms with E-state index in [-0.39, 0.29) is 13.0 Å². The first-order valence-corrected chi connectivity index (χ1v) is 5.34. The van der Waals surface area contributed by atoms with Gasteiger partial charge in [0.2, 0.25) is 0 Å². The minimum atomic E-state index is -0.984. The summed E-state index contributed by atoms with van der Waals surface area (Å²) in [6.45, 7) is 5.41. The summed E-state index contributed by atoms with van der Waals surface area (Å²) in [6, 6.07) is -0.535. The van der Waals surface area contributed by atoms with Crippen molar-refractivity contribution >= 4 is 12.1 Å². The molecule has 1 atom stereocenters. The highest BCUT2D eigenvalue weighted by Crippen LogP contribution is 2.12. The van der Waals surface area contributed by atoms with Crippen LogP contribution < -0.4 is 0 Å². The first-order chi connectivity index (χ1) is 7.67. The van der Waals surface area contributed by atoms with Gasteiger partial charge < -0.3 is 19.5 Å². The van der Waals surface area contributed by atoms with Crippen molar-refractivity contribution < 1.29 is 24.2 Å². The van der Waals surface area contributed by atoms with E-state index < -0.39 is 23.7 Å². The SMILES string of the molecule is COC[C@H](CC(=O)O)N(C)C(=O)OC(C)(C)C. The Balaban J connectivity index is 4.54. The zero-order valence-electron chi connectivity index (χ0n) is 11.0. The second kappa shape index (κ2) is 6.44. The van der Waals surface area contributed by atoms with Crippen molar-refractivity contribution in [3.63, 3.8) is 0 Å². The molecule has 1 amide bonds. The van der Waals surface area contributed by atoms with E-state index in [1.165, 1.54) is 19.1 Å². The minimum Gasteiger partial charge on any atom is -0.481 e. The van der Waals surface area contributed by atoms with Crippen molar-refractivity contribution in [1.29, 1.82) is 0 Å². The largest absolute Gasteiger partial charge is 0.481 e. The van der Waals surface area contributed by atoms with Crippen LogP contribution in [0.1, 0.15) is 27.2 Å². The molecule has 0 heterocycles. The molecular weight excluding hydrogens is 226 g/mol. The quantitative estimate of drug-likeness (QED) is 0.793. The molecule has 17 heavy (non-hydrogen) atoms. The van der Waals surface area contributed by atoms with Crippen molar-refractivity contribution in [2.75, 3.05) is 20.8 Å². The first kappa shape index (κ1) is 15.7. The predicted octanol–water partition coefficient (Wildman–Crippen LogP) is 1.34. The number of hydrogen-bond acceptors (Lipinski definition) is 4. The molecule has 0 unspecified atom stereocenters. The molecule has 0 saturated heterocycles. The molecular formula is C11H21NO5. The number of carboxylic acid groups (broad SMARTS) is 1. The third-order valence-corrected chi connectivity index (χ3v) is 2.00. The van der Waals surface area contributed by atoms with Crippen LogP contribution in [0.15, 0.2) is 0 Å². The average Bonchev–Trinajstić information content (AvgIpc) is 2.12. The molecule has 6 heteroatoms. The van der Waals surface area contributed by atoms with Gasteiger partial charge in [0, 0.05) is 14.2 Å². The van der Waals surface area contributed by atoms with Crippen LogP contribution in [0.4, 0.5) is 4.79 Å². The predicted molar refractivity (Wildman–Crippen MR) is 61.9 cm³/mol. The summed E-state index contributed by atoms with van der Waals surface area (Å²) in [7, 11) is 2.96. The maximum Gasteiger partial charge on any atom is 0.410 e. The number of methoxy groups -OCH3 is 1. The summed E-state index contributed by atoms with van der Waals surface area (Å²) >= 11 is 0. The molecule has 0 rings (SSSR count). The fourth-order valence-electron chi connectivity index (χ4n) is 1.18. The molecule has 0 aromatic carbocycles. The van der Waals surface area contributed by atoms with Crippen LogP contribution in [0.2, 0.25) is 0 Å². The van der Waals surface area contributed by atoms with Gasteiger partial charge in [-0.25, -0.2) is 4.79 Å². The van der Waals surface area contributed by atoms with Crippen molar-refractivity contribution in [3.8, 4) is 0 Å². The zero-order valence-corrected chi connectivity index (χ0v) is 11.0. The van der Waals surface area contributed by atoms with Crippen molar-refractivity contribution in [2.45, 2.75) is 38.8 Å². The highest BCUT2D eigenvalue weighted by Gasteiger charge is 2.26. The van der Waals surface area contributed by atoms with Crippen molar-refractivity contribution in [2.24, 2.45) is 0 Å². The fraction of sp³-hybridized carbons (Fsp3) is 0.818. The highest BCUT2D eigenvalue weighted by atomic mass is 16.6. The molecule has 0 fully saturated rings. The summed E-state index contributed by atoms with van der Waals surface area (Å²) in [5.74, 6) is -0.984. The molecule has 0 aliphatic rings. The average molecular weight is 247 g/mol. The molecule has 1 N–H and O–H groups in total. The Kier molecular flexibility index (Phi) is 5.95. The molecule has 0 radical (unpaired) electrons. The monoisotopic (exact) mass is 247 g/mol. The van der Waals surface area contributed by atoms with Crippen molar-refractivity contribution in [3.05, 3.63) is 0 Å². The Hall–Kier alpha value is -1.30. The molecule has 0 aromatic heterocycles. The standard InChI is InChI=1S/C11H21NO5/c1-11(2,3)17-10(15)12(4)8(7-16-5)6-9(13)14/h8H,6-7H2,1-5H3,(H,13,14)/t8-/m0/s1. The molecule has 0 spiro atoms. The van der Waals surface area contributed by atoms with E-state index in [0.717, 1.165) is 0 Å². The van der Waals surface area contributed by atoms with Crippen LogP contribution in [-0.2, 0) is 14.3 Å². The summed E-state index contributed by atoms with van der Waals surface area (Å²) < 4.78 is 10.0. The van der Waals surface area contributed by atoms with Gasteiger partial charge in [0.05, 0.1) is 19.1 Å². The molecule has 6 nitrogen and oxygen atoms in total. The number of hydrogen-bond donors (Lipinski definition) is 1. The van der Waals surface area contributed by atoms with E-state index in [1.54, 1.807) is 20.8 Å². The first-order valence-electron chi connectivity index (χ1n) is 5.34. The smallest absolute Gasteiger partial charge is 0.410 e. The summed E-state index contributed by atoms with van der Waals surface area (Å²) in [5.41, 5.74) is -0.605.